The second-order valence-electron chi connectivity index (χ2n) is 11.8. The second kappa shape index (κ2) is 11.9. The number of primary amides is 1. The Morgan fingerprint density at radius 1 is 1.15 bits per heavy atom. The van der Waals surface area contributed by atoms with Crippen molar-refractivity contribution in [2.75, 3.05) is 30.8 Å². The fourth-order valence-electron chi connectivity index (χ4n) is 6.35. The van der Waals surface area contributed by atoms with Gasteiger partial charge in [-0.05, 0) is 100.0 Å². The van der Waals surface area contributed by atoms with Gasteiger partial charge in [0.05, 0.1) is 5.75 Å². The van der Waals surface area contributed by atoms with Crippen LogP contribution in [0.3, 0.4) is 0 Å². The summed E-state index contributed by atoms with van der Waals surface area (Å²) >= 11 is 0. The highest BCUT2D eigenvalue weighted by atomic mass is 32.2. The molecule has 1 saturated heterocycles. The van der Waals surface area contributed by atoms with E-state index < -0.39 is 34.2 Å². The van der Waals surface area contributed by atoms with Crippen LogP contribution in [0.15, 0.2) is 17.1 Å². The van der Waals surface area contributed by atoms with Crippen LogP contribution in [-0.4, -0.2) is 68.1 Å². The molecule has 2 aliphatic heterocycles. The van der Waals surface area contributed by atoms with E-state index in [1.165, 1.54) is 9.21 Å². The van der Waals surface area contributed by atoms with Gasteiger partial charge in [0.2, 0.25) is 10.0 Å². The Morgan fingerprint density at radius 3 is 2.27 bits per heavy atom. The minimum Gasteiger partial charge on any atom is -0.351 e. The van der Waals surface area contributed by atoms with Crippen molar-refractivity contribution in [1.82, 2.24) is 9.62 Å². The van der Waals surface area contributed by atoms with Crippen molar-refractivity contribution >= 4 is 33.5 Å². The normalized spacial score (nSPS) is 23.4. The summed E-state index contributed by atoms with van der Waals surface area (Å²) in [5.41, 5.74) is 7.68. The summed E-state index contributed by atoms with van der Waals surface area (Å²) in [6.45, 7) is 4.14. The number of carbonyl (C=O) groups is 2. The number of hydrogen-bond acceptors (Lipinski definition) is 5. The van der Waals surface area contributed by atoms with Gasteiger partial charge in [-0.3, -0.25) is 14.7 Å². The van der Waals surface area contributed by atoms with Crippen molar-refractivity contribution in [3.63, 3.8) is 0 Å². The molecular formula is C28H40F3N5O4S. The lowest BCUT2D eigenvalue weighted by atomic mass is 9.79. The van der Waals surface area contributed by atoms with E-state index in [9.17, 15) is 31.2 Å². The molecule has 0 radical (unpaired) electrons. The minimum atomic E-state index is -4.14. The third-order valence-corrected chi connectivity index (χ3v) is 10.9. The number of hydrogen-bond donors (Lipinski definition) is 2. The van der Waals surface area contributed by atoms with E-state index in [-0.39, 0.29) is 55.8 Å². The van der Waals surface area contributed by atoms with Gasteiger partial charge in [-0.2, -0.15) is 13.2 Å². The maximum absolute atomic E-state index is 13.2. The maximum atomic E-state index is 13.2. The standard InChI is InChI=1S/C28H40F3N5O4S/c1-18-16-22(35(3)26(32)38)17-19(2)23(18)9-15-41(39,40)36-13-11-27(12-14-36)25(37)33-24(34-27)21-6-4-20(5-7-21)8-10-28(29,30)31/h16-17,20-21H,4-15H2,1-3H3,(H2,32,38)(H,33,34,37). The molecule has 228 valence electrons. The number of nitrogens with one attached hydrogen (secondary N) is 1. The summed E-state index contributed by atoms with van der Waals surface area (Å²) in [5, 5.41) is 2.92. The average Bonchev–Trinajstić information content (AvgIpc) is 3.21. The summed E-state index contributed by atoms with van der Waals surface area (Å²) < 4.78 is 65.6. The fraction of sp³-hybridized carbons (Fsp3) is 0.679. The van der Waals surface area contributed by atoms with Crippen LogP contribution in [0.1, 0.15) is 68.1 Å². The zero-order valence-electron chi connectivity index (χ0n) is 23.9. The Morgan fingerprint density at radius 2 is 1.73 bits per heavy atom. The molecule has 2 heterocycles. The number of aryl methyl sites for hydroxylation is 2. The van der Waals surface area contributed by atoms with Gasteiger partial charge in [0.15, 0.2) is 0 Å². The third-order valence-electron chi connectivity index (χ3n) is 9.02. The molecule has 1 aromatic rings. The molecule has 3 aliphatic rings. The number of carbonyl (C=O) groups excluding carboxylic acids is 2. The van der Waals surface area contributed by atoms with Gasteiger partial charge in [-0.1, -0.05) is 0 Å². The number of rotatable bonds is 8. The molecule has 0 aromatic heterocycles. The number of amidine groups is 1. The highest BCUT2D eigenvalue weighted by Gasteiger charge is 2.48. The molecule has 0 bridgehead atoms. The lowest BCUT2D eigenvalue weighted by molar-refractivity contribution is -0.138. The Kier molecular flexibility index (Phi) is 9.08. The van der Waals surface area contributed by atoms with E-state index in [1.807, 2.05) is 26.0 Å². The molecular weight excluding hydrogens is 559 g/mol. The smallest absolute Gasteiger partial charge is 0.351 e. The van der Waals surface area contributed by atoms with Crippen LogP contribution in [0.5, 0.6) is 0 Å². The van der Waals surface area contributed by atoms with Crippen LogP contribution in [0.4, 0.5) is 23.7 Å². The summed E-state index contributed by atoms with van der Waals surface area (Å²) in [6, 6.07) is 3.04. The molecule has 1 saturated carbocycles. The number of sulfonamides is 1. The monoisotopic (exact) mass is 599 g/mol. The molecule has 4 rings (SSSR count). The van der Waals surface area contributed by atoms with Crippen molar-refractivity contribution < 1.29 is 31.2 Å². The first-order chi connectivity index (χ1) is 19.1. The van der Waals surface area contributed by atoms with Crippen LogP contribution in [0.25, 0.3) is 0 Å². The number of anilines is 1. The van der Waals surface area contributed by atoms with Gasteiger partial charge in [0, 0.05) is 38.2 Å². The van der Waals surface area contributed by atoms with Gasteiger partial charge in [-0.15, -0.1) is 0 Å². The maximum Gasteiger partial charge on any atom is 0.389 e. The molecule has 41 heavy (non-hydrogen) atoms. The largest absolute Gasteiger partial charge is 0.389 e. The SMILES string of the molecule is Cc1cc(N(C)C(N)=O)cc(C)c1CCS(=O)(=O)N1CCC2(CC1)N=C(C1CCC(CCC(F)(F)F)CC1)NC2=O. The van der Waals surface area contributed by atoms with Crippen molar-refractivity contribution in [2.45, 2.75) is 83.4 Å². The summed E-state index contributed by atoms with van der Waals surface area (Å²) in [5.74, 6) is 0.371. The Balaban J connectivity index is 1.33. The number of halogens is 3. The van der Waals surface area contributed by atoms with Crippen LogP contribution in [0.2, 0.25) is 0 Å². The number of amides is 3. The lowest BCUT2D eigenvalue weighted by Crippen LogP contribution is -2.51. The first-order valence-electron chi connectivity index (χ1n) is 14.2. The van der Waals surface area contributed by atoms with E-state index >= 15 is 0 Å². The van der Waals surface area contributed by atoms with E-state index in [0.717, 1.165) is 16.7 Å². The van der Waals surface area contributed by atoms with Crippen molar-refractivity contribution in [3.8, 4) is 0 Å². The molecule has 3 amide bonds. The van der Waals surface area contributed by atoms with Crippen LogP contribution in [0, 0.1) is 25.7 Å². The van der Waals surface area contributed by atoms with Gasteiger partial charge in [0.25, 0.3) is 5.91 Å². The Hall–Kier alpha value is -2.67. The highest BCUT2D eigenvalue weighted by molar-refractivity contribution is 7.89. The van der Waals surface area contributed by atoms with Crippen molar-refractivity contribution in [3.05, 3.63) is 28.8 Å². The molecule has 13 heteroatoms. The van der Waals surface area contributed by atoms with Crippen molar-refractivity contribution in [1.29, 1.82) is 0 Å². The van der Waals surface area contributed by atoms with Crippen LogP contribution in [-0.2, 0) is 21.2 Å². The van der Waals surface area contributed by atoms with E-state index in [4.69, 9.17) is 10.7 Å². The van der Waals surface area contributed by atoms with Gasteiger partial charge < -0.3 is 11.1 Å². The number of benzene rings is 1. The first kappa shape index (κ1) is 31.3. The number of nitrogens with zero attached hydrogens (tertiary/aromatic N) is 3. The van der Waals surface area contributed by atoms with Gasteiger partial charge in [-0.25, -0.2) is 17.5 Å². The number of urea groups is 1. The molecule has 1 aromatic carbocycles. The molecule has 9 nitrogen and oxygen atoms in total. The average molecular weight is 600 g/mol. The zero-order valence-corrected chi connectivity index (χ0v) is 24.7. The minimum absolute atomic E-state index is 0.0165. The molecule has 0 atom stereocenters. The highest BCUT2D eigenvalue weighted by Crippen LogP contribution is 2.38. The fourth-order valence-corrected chi connectivity index (χ4v) is 7.81. The van der Waals surface area contributed by atoms with Crippen LogP contribution >= 0.6 is 0 Å². The number of aliphatic imine (C=N–C) groups is 1. The topological polar surface area (TPSA) is 125 Å². The second-order valence-corrected chi connectivity index (χ2v) is 13.9. The number of piperidine rings is 1. The predicted octanol–water partition coefficient (Wildman–Crippen LogP) is 4.20. The Labute approximate surface area is 239 Å². The summed E-state index contributed by atoms with van der Waals surface area (Å²) in [4.78, 5) is 30.6. The van der Waals surface area contributed by atoms with E-state index in [1.54, 1.807) is 7.05 Å². The number of alkyl halides is 3. The summed E-state index contributed by atoms with van der Waals surface area (Å²) in [6.07, 6.45) is -1.13. The van der Waals surface area contributed by atoms with E-state index in [2.05, 4.69) is 5.32 Å². The molecule has 1 spiro atoms. The van der Waals surface area contributed by atoms with Gasteiger partial charge in [0.1, 0.15) is 11.4 Å². The third kappa shape index (κ3) is 7.22. The molecule has 1 aliphatic carbocycles. The lowest BCUT2D eigenvalue weighted by Gasteiger charge is -2.35. The van der Waals surface area contributed by atoms with E-state index in [0.29, 0.717) is 43.6 Å². The molecule has 0 unspecified atom stereocenters. The summed E-state index contributed by atoms with van der Waals surface area (Å²) in [7, 11) is -2.01. The molecule has 2 fully saturated rings. The number of nitrogens with two attached hydrogens (primary N) is 1. The first-order valence-corrected chi connectivity index (χ1v) is 15.8. The zero-order chi connectivity index (χ0) is 30.2. The van der Waals surface area contributed by atoms with Gasteiger partial charge >= 0.3 is 12.2 Å². The van der Waals surface area contributed by atoms with Crippen molar-refractivity contribution in [2.24, 2.45) is 22.6 Å². The Bertz CT molecular complexity index is 1280. The van der Waals surface area contributed by atoms with Crippen LogP contribution < -0.4 is 16.0 Å². The predicted molar refractivity (Wildman–Crippen MR) is 151 cm³/mol. The quantitative estimate of drug-likeness (QED) is 0.465. The molecule has 3 N–H and O–H groups in total.